The van der Waals surface area contributed by atoms with E-state index in [2.05, 4.69) is 15.8 Å². The Kier molecular flexibility index (Phi) is 6.62. The lowest BCUT2D eigenvalue weighted by Crippen LogP contribution is -2.34. The Hall–Kier alpha value is -4.33. The van der Waals surface area contributed by atoms with Crippen LogP contribution >= 0.6 is 0 Å². The third-order valence-electron chi connectivity index (χ3n) is 4.59. The average Bonchev–Trinajstić information content (AvgIpc) is 3.30. The predicted molar refractivity (Wildman–Crippen MR) is 118 cm³/mol. The first-order chi connectivity index (χ1) is 15.7. The lowest BCUT2D eigenvalue weighted by molar-refractivity contribution is -0.120. The molecule has 8 heteroatoms. The highest BCUT2D eigenvalue weighted by Gasteiger charge is 2.16. The van der Waals surface area contributed by atoms with Gasteiger partial charge in [0.1, 0.15) is 12.4 Å². The summed E-state index contributed by atoms with van der Waals surface area (Å²) in [5.41, 5.74) is 4.53. The van der Waals surface area contributed by atoms with Gasteiger partial charge in [-0.2, -0.15) is 5.10 Å². The molecule has 0 radical (unpaired) electrons. The molecule has 0 saturated heterocycles. The number of benzene rings is 3. The molecule has 0 unspecified atom stereocenters. The summed E-state index contributed by atoms with van der Waals surface area (Å²) in [6, 6.07) is 22.0. The van der Waals surface area contributed by atoms with E-state index in [-0.39, 0.29) is 13.3 Å². The van der Waals surface area contributed by atoms with Crippen molar-refractivity contribution in [1.82, 2.24) is 10.7 Å². The molecule has 0 fully saturated rings. The van der Waals surface area contributed by atoms with E-state index in [4.69, 9.17) is 14.2 Å². The van der Waals surface area contributed by atoms with E-state index in [1.54, 1.807) is 18.2 Å². The van der Waals surface area contributed by atoms with Crippen molar-refractivity contribution in [2.45, 2.75) is 6.61 Å². The van der Waals surface area contributed by atoms with E-state index >= 15 is 0 Å². The van der Waals surface area contributed by atoms with Gasteiger partial charge < -0.3 is 19.5 Å². The van der Waals surface area contributed by atoms with Crippen LogP contribution < -0.4 is 25.0 Å². The number of carbonyl (C=O) groups is 2. The molecule has 0 aliphatic carbocycles. The van der Waals surface area contributed by atoms with Crippen LogP contribution in [0, 0.1) is 0 Å². The number of carbonyl (C=O) groups excluding carboxylic acids is 2. The summed E-state index contributed by atoms with van der Waals surface area (Å²) in [5.74, 6) is 0.868. The van der Waals surface area contributed by atoms with Gasteiger partial charge in [-0.25, -0.2) is 5.43 Å². The van der Waals surface area contributed by atoms with Crippen molar-refractivity contribution in [3.8, 4) is 17.2 Å². The highest BCUT2D eigenvalue weighted by atomic mass is 16.7. The average molecular weight is 431 g/mol. The van der Waals surface area contributed by atoms with Crippen LogP contribution in [0.2, 0.25) is 0 Å². The Bertz CT molecular complexity index is 1130. The smallest absolute Gasteiger partial charge is 0.259 e. The van der Waals surface area contributed by atoms with E-state index < -0.39 is 11.8 Å². The van der Waals surface area contributed by atoms with Gasteiger partial charge in [-0.05, 0) is 35.9 Å². The molecule has 162 valence electrons. The Labute approximate surface area is 184 Å². The molecule has 0 aromatic heterocycles. The van der Waals surface area contributed by atoms with Gasteiger partial charge in [0.2, 0.25) is 6.79 Å². The molecule has 3 aromatic carbocycles. The fraction of sp³-hybridized carbons (Fsp3) is 0.125. The van der Waals surface area contributed by atoms with E-state index in [1.165, 1.54) is 6.21 Å². The van der Waals surface area contributed by atoms with Gasteiger partial charge in [-0.3, -0.25) is 9.59 Å². The van der Waals surface area contributed by atoms with Gasteiger partial charge in [-0.1, -0.05) is 42.5 Å². The van der Waals surface area contributed by atoms with Crippen molar-refractivity contribution in [2.75, 3.05) is 13.3 Å². The minimum atomic E-state index is -0.460. The molecule has 0 atom stereocenters. The van der Waals surface area contributed by atoms with Crippen molar-refractivity contribution < 1.29 is 23.8 Å². The second kappa shape index (κ2) is 10.1. The van der Waals surface area contributed by atoms with Gasteiger partial charge in [0.15, 0.2) is 11.5 Å². The minimum absolute atomic E-state index is 0.126. The van der Waals surface area contributed by atoms with Crippen molar-refractivity contribution in [1.29, 1.82) is 0 Å². The normalized spacial score (nSPS) is 11.9. The second-order valence-corrected chi connectivity index (χ2v) is 6.86. The zero-order valence-electron chi connectivity index (χ0n) is 17.1. The Morgan fingerprint density at radius 1 is 0.969 bits per heavy atom. The molecule has 8 nitrogen and oxygen atoms in total. The zero-order valence-corrected chi connectivity index (χ0v) is 17.1. The van der Waals surface area contributed by atoms with Gasteiger partial charge in [0.25, 0.3) is 11.8 Å². The minimum Gasteiger partial charge on any atom is -0.488 e. The molecule has 2 N–H and O–H groups in total. The molecule has 1 aliphatic rings. The topological polar surface area (TPSA) is 98.3 Å². The molecule has 3 aromatic rings. The first-order valence-corrected chi connectivity index (χ1v) is 9.94. The summed E-state index contributed by atoms with van der Waals surface area (Å²) in [7, 11) is 0. The maximum atomic E-state index is 12.2. The van der Waals surface area contributed by atoms with Crippen LogP contribution in [0.1, 0.15) is 21.5 Å². The number of para-hydroxylation sites is 1. The number of nitrogens with zero attached hydrogens (tertiary/aromatic N) is 1. The van der Waals surface area contributed by atoms with E-state index in [9.17, 15) is 9.59 Å². The summed E-state index contributed by atoms with van der Waals surface area (Å²) < 4.78 is 16.3. The second-order valence-electron chi connectivity index (χ2n) is 6.86. The number of ether oxygens (including phenoxy) is 3. The fourth-order valence-corrected chi connectivity index (χ4v) is 2.97. The van der Waals surface area contributed by atoms with Crippen LogP contribution in [0.25, 0.3) is 0 Å². The van der Waals surface area contributed by atoms with E-state index in [0.717, 1.165) is 5.56 Å². The summed E-state index contributed by atoms with van der Waals surface area (Å²) in [5, 5.41) is 6.51. The third-order valence-corrected chi connectivity index (χ3v) is 4.59. The first-order valence-electron chi connectivity index (χ1n) is 9.94. The first kappa shape index (κ1) is 20.9. The van der Waals surface area contributed by atoms with Crippen molar-refractivity contribution in [2.24, 2.45) is 5.10 Å². The number of rotatable bonds is 8. The molecular formula is C24H21N3O5. The van der Waals surface area contributed by atoms with Crippen LogP contribution in [0.5, 0.6) is 17.2 Å². The Morgan fingerprint density at radius 2 is 1.75 bits per heavy atom. The zero-order chi connectivity index (χ0) is 22.2. The van der Waals surface area contributed by atoms with Crippen LogP contribution in [0.4, 0.5) is 0 Å². The molecule has 0 spiro atoms. The van der Waals surface area contributed by atoms with Gasteiger partial charge in [0, 0.05) is 11.1 Å². The summed E-state index contributed by atoms with van der Waals surface area (Å²) in [6.45, 7) is 0.321. The largest absolute Gasteiger partial charge is 0.488 e. The number of nitrogens with one attached hydrogen (secondary N) is 2. The van der Waals surface area contributed by atoms with Crippen molar-refractivity contribution in [3.63, 3.8) is 0 Å². The third kappa shape index (κ3) is 5.42. The molecule has 1 aliphatic heterocycles. The maximum Gasteiger partial charge on any atom is 0.259 e. The monoisotopic (exact) mass is 431 g/mol. The number of hydrogen-bond acceptors (Lipinski definition) is 6. The standard InChI is InChI=1S/C24H21N3O5/c28-23(14-25-24(29)18-10-11-21-22(12-18)32-16-31-21)27-26-13-19-8-4-5-9-20(19)30-15-17-6-2-1-3-7-17/h1-13H,14-16H2,(H,25,29)(H,27,28)/b26-13+. The van der Waals surface area contributed by atoms with E-state index in [0.29, 0.717) is 35.0 Å². The molecule has 2 amide bonds. The summed E-state index contributed by atoms with van der Waals surface area (Å²) >= 11 is 0. The fourth-order valence-electron chi connectivity index (χ4n) is 2.97. The summed E-state index contributed by atoms with van der Waals surface area (Å²) in [4.78, 5) is 24.3. The quantitative estimate of drug-likeness (QED) is 0.422. The Balaban J connectivity index is 1.27. The van der Waals surface area contributed by atoms with Crippen molar-refractivity contribution >= 4 is 18.0 Å². The number of hydrazone groups is 1. The molecule has 4 rings (SSSR count). The SMILES string of the molecule is O=C(CNC(=O)c1ccc2c(c1)OCO2)N/N=C/c1ccccc1OCc1ccccc1. The molecule has 1 heterocycles. The van der Waals surface area contributed by atoms with Crippen LogP contribution in [-0.2, 0) is 11.4 Å². The number of hydrogen-bond donors (Lipinski definition) is 2. The predicted octanol–water partition coefficient (Wildman–Crippen LogP) is 2.87. The maximum absolute atomic E-state index is 12.2. The summed E-state index contributed by atoms with van der Waals surface area (Å²) in [6.07, 6.45) is 1.50. The van der Waals surface area contributed by atoms with Gasteiger partial charge in [-0.15, -0.1) is 0 Å². The lowest BCUT2D eigenvalue weighted by atomic mass is 10.2. The molecule has 0 bridgehead atoms. The highest BCUT2D eigenvalue weighted by molar-refractivity contribution is 5.97. The molecule has 32 heavy (non-hydrogen) atoms. The van der Waals surface area contributed by atoms with Gasteiger partial charge >= 0.3 is 0 Å². The Morgan fingerprint density at radius 3 is 2.62 bits per heavy atom. The highest BCUT2D eigenvalue weighted by Crippen LogP contribution is 2.32. The van der Waals surface area contributed by atoms with Crippen LogP contribution in [-0.4, -0.2) is 31.4 Å². The number of fused-ring (bicyclic) bond motifs is 1. The van der Waals surface area contributed by atoms with E-state index in [1.807, 2.05) is 54.6 Å². The lowest BCUT2D eigenvalue weighted by Gasteiger charge is -2.09. The molecule has 0 saturated carbocycles. The number of amides is 2. The van der Waals surface area contributed by atoms with Gasteiger partial charge in [0.05, 0.1) is 12.8 Å². The molecular weight excluding hydrogens is 410 g/mol. The van der Waals surface area contributed by atoms with Crippen LogP contribution in [0.15, 0.2) is 77.9 Å². The van der Waals surface area contributed by atoms with Crippen molar-refractivity contribution in [3.05, 3.63) is 89.5 Å². The van der Waals surface area contributed by atoms with Crippen LogP contribution in [0.3, 0.4) is 0 Å².